The van der Waals surface area contributed by atoms with Crippen LogP contribution in [0.1, 0.15) is 33.5 Å². The molecule has 1 unspecified atom stereocenters. The van der Waals surface area contributed by atoms with Crippen LogP contribution in [-0.4, -0.2) is 39.8 Å². The number of hydrogen-bond acceptors (Lipinski definition) is 3. The molecule has 1 rings (SSSR count). The molecule has 6 heteroatoms. The van der Waals surface area contributed by atoms with Gasteiger partial charge in [0.2, 0.25) is 11.8 Å². The Morgan fingerprint density at radius 1 is 1.47 bits per heavy atom. The van der Waals surface area contributed by atoms with Crippen molar-refractivity contribution in [2.24, 2.45) is 5.41 Å². The van der Waals surface area contributed by atoms with Gasteiger partial charge in [0.05, 0.1) is 6.54 Å². The largest absolute Gasteiger partial charge is 0.347 e. The topological polar surface area (TPSA) is 78.1 Å². The molecular formula is C13H22N4O2. The minimum Gasteiger partial charge on any atom is -0.347 e. The van der Waals surface area contributed by atoms with E-state index in [1.165, 1.54) is 4.90 Å². The molecule has 0 radical (unpaired) electrons. The Morgan fingerprint density at radius 2 is 2.11 bits per heavy atom. The summed E-state index contributed by atoms with van der Waals surface area (Å²) in [5.74, 6) is 0.430. The Hall–Kier alpha value is -1.85. The molecule has 0 aliphatic rings. The van der Waals surface area contributed by atoms with E-state index in [4.69, 9.17) is 0 Å². The molecule has 0 fully saturated rings. The van der Waals surface area contributed by atoms with Crippen molar-refractivity contribution in [2.45, 2.75) is 40.3 Å². The van der Waals surface area contributed by atoms with Gasteiger partial charge in [-0.3, -0.25) is 9.59 Å². The second kappa shape index (κ2) is 5.86. The summed E-state index contributed by atoms with van der Waals surface area (Å²) in [6.07, 6.45) is 3.34. The molecule has 1 aromatic heterocycles. The van der Waals surface area contributed by atoms with Gasteiger partial charge in [0.1, 0.15) is 11.9 Å². The Labute approximate surface area is 113 Å². The van der Waals surface area contributed by atoms with E-state index in [1.807, 2.05) is 20.8 Å². The molecule has 0 aliphatic heterocycles. The first-order chi connectivity index (χ1) is 8.71. The van der Waals surface area contributed by atoms with Crippen LogP contribution in [0.2, 0.25) is 0 Å². The predicted octanol–water partition coefficient (Wildman–Crippen LogP) is 0.919. The number of aromatic amines is 1. The average Bonchev–Trinajstić information content (AvgIpc) is 2.79. The zero-order valence-corrected chi connectivity index (χ0v) is 12.2. The summed E-state index contributed by atoms with van der Waals surface area (Å²) in [7, 11) is 1.69. The average molecular weight is 266 g/mol. The lowest BCUT2D eigenvalue weighted by Crippen LogP contribution is -2.48. The zero-order chi connectivity index (χ0) is 14.6. The first-order valence-corrected chi connectivity index (χ1v) is 6.26. The van der Waals surface area contributed by atoms with E-state index in [0.29, 0.717) is 12.4 Å². The van der Waals surface area contributed by atoms with E-state index < -0.39 is 11.5 Å². The number of imidazole rings is 1. The van der Waals surface area contributed by atoms with Crippen LogP contribution in [0.4, 0.5) is 0 Å². The molecule has 2 N–H and O–H groups in total. The van der Waals surface area contributed by atoms with Crippen LogP contribution in [0, 0.1) is 5.41 Å². The maximum absolute atomic E-state index is 12.1. The van der Waals surface area contributed by atoms with Crippen LogP contribution in [0.15, 0.2) is 12.4 Å². The van der Waals surface area contributed by atoms with Crippen molar-refractivity contribution in [3.63, 3.8) is 0 Å². The Bertz CT molecular complexity index is 434. The second-order valence-corrected chi connectivity index (χ2v) is 5.68. The van der Waals surface area contributed by atoms with Gasteiger partial charge in [0.15, 0.2) is 0 Å². The van der Waals surface area contributed by atoms with Crippen LogP contribution in [0.25, 0.3) is 0 Å². The third-order valence-corrected chi connectivity index (χ3v) is 2.72. The van der Waals surface area contributed by atoms with Gasteiger partial charge >= 0.3 is 0 Å². The number of carbonyl (C=O) groups is 2. The highest BCUT2D eigenvalue weighted by Crippen LogP contribution is 2.13. The standard InChI is InChI=1S/C13H22N4O2/c1-9(16-12(19)13(2,3)4)11(18)17(5)8-10-14-6-7-15-10/h6-7,9H,8H2,1-5H3,(H,14,15)(H,16,19). The molecule has 0 aliphatic carbocycles. The van der Waals surface area contributed by atoms with E-state index in [9.17, 15) is 9.59 Å². The highest BCUT2D eigenvalue weighted by molar-refractivity contribution is 5.89. The van der Waals surface area contributed by atoms with Crippen molar-refractivity contribution in [3.8, 4) is 0 Å². The first-order valence-electron chi connectivity index (χ1n) is 6.26. The van der Waals surface area contributed by atoms with Crippen LogP contribution >= 0.6 is 0 Å². The van der Waals surface area contributed by atoms with E-state index in [2.05, 4.69) is 15.3 Å². The number of nitrogens with one attached hydrogen (secondary N) is 2. The summed E-state index contributed by atoms with van der Waals surface area (Å²) in [4.78, 5) is 32.4. The molecule has 106 valence electrons. The third kappa shape index (κ3) is 4.39. The predicted molar refractivity (Wildman–Crippen MR) is 72.1 cm³/mol. The van der Waals surface area contributed by atoms with Crippen LogP contribution in [0.3, 0.4) is 0 Å². The van der Waals surface area contributed by atoms with Gasteiger partial charge in [-0.25, -0.2) is 4.98 Å². The Balaban J connectivity index is 2.54. The fourth-order valence-corrected chi connectivity index (χ4v) is 1.49. The van der Waals surface area contributed by atoms with E-state index in [0.717, 1.165) is 0 Å². The maximum atomic E-state index is 12.1. The number of hydrogen-bond donors (Lipinski definition) is 2. The smallest absolute Gasteiger partial charge is 0.245 e. The van der Waals surface area contributed by atoms with Crippen molar-refractivity contribution in [1.82, 2.24) is 20.2 Å². The summed E-state index contributed by atoms with van der Waals surface area (Å²) < 4.78 is 0. The Morgan fingerprint density at radius 3 is 2.58 bits per heavy atom. The fourth-order valence-electron chi connectivity index (χ4n) is 1.49. The van der Waals surface area contributed by atoms with Crippen molar-refractivity contribution in [1.29, 1.82) is 0 Å². The molecular weight excluding hydrogens is 244 g/mol. The van der Waals surface area contributed by atoms with Crippen LogP contribution in [-0.2, 0) is 16.1 Å². The molecule has 0 saturated carbocycles. The minimum atomic E-state index is -0.549. The SMILES string of the molecule is CC(NC(=O)C(C)(C)C)C(=O)N(C)Cc1ncc[nH]1. The number of nitrogens with zero attached hydrogens (tertiary/aromatic N) is 2. The van der Waals surface area contributed by atoms with E-state index in [-0.39, 0.29) is 11.8 Å². The lowest BCUT2D eigenvalue weighted by Gasteiger charge is -2.24. The molecule has 19 heavy (non-hydrogen) atoms. The fraction of sp³-hybridized carbons (Fsp3) is 0.615. The first kappa shape index (κ1) is 15.2. The Kier molecular flexibility index (Phi) is 4.69. The number of carbonyl (C=O) groups excluding carboxylic acids is 2. The summed E-state index contributed by atoms with van der Waals surface area (Å²) >= 11 is 0. The van der Waals surface area contributed by atoms with E-state index in [1.54, 1.807) is 26.4 Å². The van der Waals surface area contributed by atoms with Gasteiger partial charge in [0, 0.05) is 24.9 Å². The zero-order valence-electron chi connectivity index (χ0n) is 12.2. The summed E-state index contributed by atoms with van der Waals surface area (Å²) in [5, 5.41) is 2.72. The highest BCUT2D eigenvalue weighted by Gasteiger charge is 2.26. The number of amides is 2. The highest BCUT2D eigenvalue weighted by atomic mass is 16.2. The third-order valence-electron chi connectivity index (χ3n) is 2.72. The normalized spacial score (nSPS) is 12.9. The van der Waals surface area contributed by atoms with Gasteiger partial charge in [-0.2, -0.15) is 0 Å². The number of rotatable bonds is 4. The van der Waals surface area contributed by atoms with Crippen molar-refractivity contribution in [2.75, 3.05) is 7.05 Å². The van der Waals surface area contributed by atoms with Crippen LogP contribution < -0.4 is 5.32 Å². The quantitative estimate of drug-likeness (QED) is 0.850. The second-order valence-electron chi connectivity index (χ2n) is 5.68. The lowest BCUT2D eigenvalue weighted by atomic mass is 9.95. The molecule has 0 saturated heterocycles. The minimum absolute atomic E-state index is 0.139. The number of aromatic nitrogens is 2. The molecule has 0 aromatic carbocycles. The number of likely N-dealkylation sites (N-methyl/N-ethyl adjacent to an activating group) is 1. The maximum Gasteiger partial charge on any atom is 0.245 e. The van der Waals surface area contributed by atoms with Gasteiger partial charge in [-0.05, 0) is 6.92 Å². The van der Waals surface area contributed by atoms with Gasteiger partial charge in [-0.15, -0.1) is 0 Å². The molecule has 0 bridgehead atoms. The lowest BCUT2D eigenvalue weighted by molar-refractivity contribution is -0.137. The van der Waals surface area contributed by atoms with E-state index >= 15 is 0 Å². The van der Waals surface area contributed by atoms with Crippen molar-refractivity contribution >= 4 is 11.8 Å². The van der Waals surface area contributed by atoms with Crippen molar-refractivity contribution < 1.29 is 9.59 Å². The molecule has 2 amide bonds. The van der Waals surface area contributed by atoms with Gasteiger partial charge in [0.25, 0.3) is 0 Å². The van der Waals surface area contributed by atoms with Crippen molar-refractivity contribution in [3.05, 3.63) is 18.2 Å². The number of H-pyrrole nitrogens is 1. The van der Waals surface area contributed by atoms with Crippen LogP contribution in [0.5, 0.6) is 0 Å². The summed E-state index contributed by atoms with van der Waals surface area (Å²) in [6, 6.07) is -0.549. The molecule has 1 atom stereocenters. The monoisotopic (exact) mass is 266 g/mol. The van der Waals surface area contributed by atoms with Gasteiger partial charge < -0.3 is 15.2 Å². The summed E-state index contributed by atoms with van der Waals surface area (Å²) in [5.41, 5.74) is -0.506. The van der Waals surface area contributed by atoms with Gasteiger partial charge in [-0.1, -0.05) is 20.8 Å². The molecule has 6 nitrogen and oxygen atoms in total. The molecule has 1 aromatic rings. The summed E-state index contributed by atoms with van der Waals surface area (Å²) in [6.45, 7) is 7.51. The molecule has 0 spiro atoms. The molecule has 1 heterocycles.